The van der Waals surface area contributed by atoms with Gasteiger partial charge in [-0.3, -0.25) is 4.98 Å². The van der Waals surface area contributed by atoms with Crippen LogP contribution in [0.15, 0.2) is 194 Å². The number of nitrogens with zero attached hydrogens (tertiary/aromatic N) is 3. The molecule has 0 aliphatic heterocycles. The van der Waals surface area contributed by atoms with Crippen LogP contribution in [0, 0.1) is 6.92 Å². The first-order valence-corrected chi connectivity index (χ1v) is 17.9. The van der Waals surface area contributed by atoms with E-state index in [1.807, 2.05) is 18.3 Å². The molecule has 2 aromatic heterocycles. The smallest absolute Gasteiger partial charge is 0.160 e. The molecule has 7 aromatic carbocycles. The Labute approximate surface area is 310 Å². The predicted octanol–water partition coefficient (Wildman–Crippen LogP) is 13.0. The average Bonchev–Trinajstić information content (AvgIpc) is 3.24. The van der Waals surface area contributed by atoms with Gasteiger partial charge < -0.3 is 0 Å². The number of aromatic nitrogens is 3. The fourth-order valence-electron chi connectivity index (χ4n) is 7.28. The van der Waals surface area contributed by atoms with Gasteiger partial charge in [0.25, 0.3) is 0 Å². The molecule has 250 valence electrons. The minimum absolute atomic E-state index is 0.701. The lowest BCUT2D eigenvalue weighted by Gasteiger charge is -2.19. The van der Waals surface area contributed by atoms with Gasteiger partial charge in [-0.15, -0.1) is 0 Å². The molecule has 9 rings (SSSR count). The van der Waals surface area contributed by atoms with Crippen molar-refractivity contribution in [3.63, 3.8) is 0 Å². The Morgan fingerprint density at radius 3 is 1.57 bits per heavy atom. The lowest BCUT2D eigenvalue weighted by atomic mass is 9.84. The number of fused-ring (bicyclic) bond motifs is 1. The van der Waals surface area contributed by atoms with Crippen LogP contribution in [0.2, 0.25) is 0 Å². The van der Waals surface area contributed by atoms with E-state index >= 15 is 0 Å². The number of rotatable bonds is 7. The molecule has 0 amide bonds. The van der Waals surface area contributed by atoms with E-state index in [9.17, 15) is 0 Å². The molecule has 0 saturated heterocycles. The van der Waals surface area contributed by atoms with Crippen molar-refractivity contribution in [3.05, 3.63) is 200 Å². The molecule has 0 spiro atoms. The van der Waals surface area contributed by atoms with Gasteiger partial charge in [-0.1, -0.05) is 158 Å². The quantitative estimate of drug-likeness (QED) is 0.169. The number of pyridine rings is 1. The van der Waals surface area contributed by atoms with Crippen LogP contribution < -0.4 is 0 Å². The lowest BCUT2D eigenvalue weighted by molar-refractivity contribution is 1.22. The zero-order valence-corrected chi connectivity index (χ0v) is 29.3. The third-order valence-corrected chi connectivity index (χ3v) is 9.93. The Bertz CT molecular complexity index is 2630. The first-order valence-electron chi connectivity index (χ1n) is 17.9. The molecule has 0 unspecified atom stereocenters. The molecule has 9 aromatic rings. The van der Waals surface area contributed by atoms with Crippen molar-refractivity contribution in [1.29, 1.82) is 0 Å². The molecule has 0 bridgehead atoms. The van der Waals surface area contributed by atoms with Gasteiger partial charge in [0.05, 0.1) is 11.2 Å². The highest BCUT2D eigenvalue weighted by molar-refractivity contribution is 5.98. The number of benzene rings is 7. The third-order valence-electron chi connectivity index (χ3n) is 9.93. The molecule has 0 radical (unpaired) electrons. The first-order chi connectivity index (χ1) is 26.2. The Morgan fingerprint density at radius 2 is 0.943 bits per heavy atom. The van der Waals surface area contributed by atoms with Crippen molar-refractivity contribution in [2.45, 2.75) is 6.92 Å². The maximum Gasteiger partial charge on any atom is 0.160 e. The fraction of sp³-hybridized carbons (Fsp3) is 0.0200. The van der Waals surface area contributed by atoms with Crippen molar-refractivity contribution in [2.75, 3.05) is 0 Å². The van der Waals surface area contributed by atoms with Crippen LogP contribution >= 0.6 is 0 Å². The van der Waals surface area contributed by atoms with Gasteiger partial charge in [0.15, 0.2) is 5.82 Å². The Balaban J connectivity index is 1.18. The highest BCUT2D eigenvalue weighted by Gasteiger charge is 2.19. The van der Waals surface area contributed by atoms with E-state index in [1.165, 1.54) is 38.9 Å². The molecule has 3 nitrogen and oxygen atoms in total. The summed E-state index contributed by atoms with van der Waals surface area (Å²) in [6.45, 7) is 2.15. The summed E-state index contributed by atoms with van der Waals surface area (Å²) >= 11 is 0. The number of para-hydroxylation sites is 1. The number of hydrogen-bond acceptors (Lipinski definition) is 3. The summed E-state index contributed by atoms with van der Waals surface area (Å²) in [5.74, 6) is 0.701. The van der Waals surface area contributed by atoms with Crippen molar-refractivity contribution in [1.82, 2.24) is 15.0 Å². The molecule has 0 fully saturated rings. The van der Waals surface area contributed by atoms with E-state index in [2.05, 4.69) is 182 Å². The highest BCUT2D eigenvalue weighted by atomic mass is 14.9. The maximum atomic E-state index is 5.26. The van der Waals surface area contributed by atoms with Crippen LogP contribution in [0.25, 0.3) is 89.2 Å². The topological polar surface area (TPSA) is 38.7 Å². The van der Waals surface area contributed by atoms with Crippen LogP contribution in [0.5, 0.6) is 0 Å². The molecule has 53 heavy (non-hydrogen) atoms. The summed E-state index contributed by atoms with van der Waals surface area (Å²) in [5.41, 5.74) is 16.7. The molecule has 3 heteroatoms. The lowest BCUT2D eigenvalue weighted by Crippen LogP contribution is -1.97. The summed E-state index contributed by atoms with van der Waals surface area (Å²) in [7, 11) is 0. The standard InChI is InChI=1S/C50H35N3/c1-34-30-40(41-20-13-29-51-33-41)27-28-43(34)49-44-21-11-12-22-47(44)52-50(53-49)39-25-23-38(24-26-39)48-45(36-16-7-3-8-17-36)31-42(35-14-5-2-6-15-35)32-46(48)37-18-9-4-10-19-37/h2-33H,1H3. The van der Waals surface area contributed by atoms with E-state index in [-0.39, 0.29) is 0 Å². The largest absolute Gasteiger partial charge is 0.264 e. The number of hydrogen-bond donors (Lipinski definition) is 0. The second-order valence-corrected chi connectivity index (χ2v) is 13.3. The van der Waals surface area contributed by atoms with Gasteiger partial charge >= 0.3 is 0 Å². The summed E-state index contributed by atoms with van der Waals surface area (Å²) in [5, 5.41) is 1.03. The maximum absolute atomic E-state index is 5.26. The monoisotopic (exact) mass is 677 g/mol. The SMILES string of the molecule is Cc1cc(-c2cccnc2)ccc1-c1nc(-c2ccc(-c3c(-c4ccccc4)cc(-c4ccccc4)cc3-c3ccccc3)cc2)nc2ccccc12. The summed E-state index contributed by atoms with van der Waals surface area (Å²) in [6.07, 6.45) is 3.71. The molecular formula is C50H35N3. The molecule has 0 aliphatic rings. The van der Waals surface area contributed by atoms with Crippen LogP contribution in [0.1, 0.15) is 5.56 Å². The van der Waals surface area contributed by atoms with Crippen LogP contribution in [0.3, 0.4) is 0 Å². The van der Waals surface area contributed by atoms with Crippen molar-refractivity contribution >= 4 is 10.9 Å². The predicted molar refractivity (Wildman–Crippen MR) is 220 cm³/mol. The van der Waals surface area contributed by atoms with E-state index in [0.29, 0.717) is 5.82 Å². The Kier molecular flexibility index (Phi) is 8.43. The zero-order valence-electron chi connectivity index (χ0n) is 29.3. The summed E-state index contributed by atoms with van der Waals surface area (Å²) in [4.78, 5) is 14.7. The summed E-state index contributed by atoms with van der Waals surface area (Å²) < 4.78 is 0. The number of aryl methyl sites for hydroxylation is 1. The molecular weight excluding hydrogens is 643 g/mol. The highest BCUT2D eigenvalue weighted by Crippen LogP contribution is 2.44. The molecule has 0 aliphatic carbocycles. The van der Waals surface area contributed by atoms with E-state index in [1.54, 1.807) is 6.20 Å². The second-order valence-electron chi connectivity index (χ2n) is 13.3. The van der Waals surface area contributed by atoms with Crippen molar-refractivity contribution in [2.24, 2.45) is 0 Å². The average molecular weight is 678 g/mol. The van der Waals surface area contributed by atoms with Crippen molar-refractivity contribution in [3.8, 4) is 78.3 Å². The van der Waals surface area contributed by atoms with Gasteiger partial charge in [-0.25, -0.2) is 9.97 Å². The van der Waals surface area contributed by atoms with Crippen LogP contribution in [-0.4, -0.2) is 15.0 Å². The first kappa shape index (κ1) is 32.0. The fourth-order valence-corrected chi connectivity index (χ4v) is 7.28. The molecule has 2 heterocycles. The van der Waals surface area contributed by atoms with Gasteiger partial charge in [-0.05, 0) is 92.4 Å². The summed E-state index contributed by atoms with van der Waals surface area (Å²) in [6, 6.07) is 64.4. The van der Waals surface area contributed by atoms with Gasteiger partial charge in [0.2, 0.25) is 0 Å². The van der Waals surface area contributed by atoms with E-state index in [0.717, 1.165) is 50.0 Å². The molecule has 0 atom stereocenters. The Morgan fingerprint density at radius 1 is 0.377 bits per heavy atom. The zero-order chi connectivity index (χ0) is 35.6. The second kappa shape index (κ2) is 14.0. The third kappa shape index (κ3) is 6.30. The van der Waals surface area contributed by atoms with E-state index in [4.69, 9.17) is 9.97 Å². The van der Waals surface area contributed by atoms with Gasteiger partial charge in [0.1, 0.15) is 0 Å². The van der Waals surface area contributed by atoms with E-state index < -0.39 is 0 Å². The minimum atomic E-state index is 0.701. The minimum Gasteiger partial charge on any atom is -0.264 e. The molecule has 0 N–H and O–H groups in total. The normalized spacial score (nSPS) is 11.1. The molecule has 0 saturated carbocycles. The van der Waals surface area contributed by atoms with Gasteiger partial charge in [0, 0.05) is 28.9 Å². The Hall–Kier alpha value is -6.97. The van der Waals surface area contributed by atoms with Crippen LogP contribution in [0.4, 0.5) is 0 Å². The van der Waals surface area contributed by atoms with Crippen LogP contribution in [-0.2, 0) is 0 Å². The van der Waals surface area contributed by atoms with Gasteiger partial charge in [-0.2, -0.15) is 0 Å². The van der Waals surface area contributed by atoms with Crippen molar-refractivity contribution < 1.29 is 0 Å².